The Morgan fingerprint density at radius 3 is 2.54 bits per heavy atom. The van der Waals surface area contributed by atoms with Gasteiger partial charge in [-0.3, -0.25) is 4.52 Å². The number of halogens is 2. The lowest BCUT2D eigenvalue weighted by Gasteiger charge is -2.09. The molecule has 1 unspecified atom stereocenters. The van der Waals surface area contributed by atoms with Crippen LogP contribution in [0.15, 0.2) is 0 Å². The van der Waals surface area contributed by atoms with Crippen molar-refractivity contribution in [2.45, 2.75) is 32.6 Å². The van der Waals surface area contributed by atoms with Crippen molar-refractivity contribution in [1.82, 2.24) is 0 Å². The zero-order chi connectivity index (χ0) is 10.2. The molecule has 0 saturated carbocycles. The van der Waals surface area contributed by atoms with E-state index in [1.807, 2.05) is 0 Å². The molecule has 0 bridgehead atoms. The van der Waals surface area contributed by atoms with E-state index >= 15 is 0 Å². The minimum atomic E-state index is -3.48. The third kappa shape index (κ3) is 7.11. The molecule has 0 aromatic heterocycles. The van der Waals surface area contributed by atoms with Crippen molar-refractivity contribution in [3.63, 3.8) is 0 Å². The van der Waals surface area contributed by atoms with Gasteiger partial charge >= 0.3 is 7.82 Å². The third-order valence-electron chi connectivity index (χ3n) is 1.42. The van der Waals surface area contributed by atoms with Gasteiger partial charge in [0.15, 0.2) is 0 Å². The van der Waals surface area contributed by atoms with Crippen molar-refractivity contribution in [3.05, 3.63) is 0 Å². The van der Waals surface area contributed by atoms with Gasteiger partial charge in [-0.25, -0.2) is 7.42 Å². The average Bonchev–Trinajstić information content (AvgIpc) is 2.17. The van der Waals surface area contributed by atoms with Crippen molar-refractivity contribution in [1.29, 1.82) is 0 Å². The van der Waals surface area contributed by atoms with Crippen molar-refractivity contribution < 1.29 is 16.0 Å². The molecular weight excluding hydrogens is 329 g/mol. The summed E-state index contributed by atoms with van der Waals surface area (Å²) in [5, 5.41) is 0. The molecule has 0 aliphatic heterocycles. The van der Waals surface area contributed by atoms with Crippen LogP contribution in [0.1, 0.15) is 32.6 Å². The average molecular weight is 342 g/mol. The second-order valence-corrected chi connectivity index (χ2v) is 5.50. The molecule has 0 fully saturated rings. The van der Waals surface area contributed by atoms with E-state index in [4.69, 9.17) is 16.4 Å². The van der Waals surface area contributed by atoms with Crippen molar-refractivity contribution in [2.24, 2.45) is 0 Å². The molecule has 0 rings (SSSR count). The maximum Gasteiger partial charge on any atom is 0.500 e. The monoisotopic (exact) mass is 342 g/mol. The predicted molar refractivity (Wildman–Crippen MR) is 59.7 cm³/mol. The molecule has 80 valence electrons. The third-order valence-corrected chi connectivity index (χ3v) is 4.21. The predicted octanol–water partition coefficient (Wildman–Crippen LogP) is 4.23. The Labute approximate surface area is 97.7 Å². The highest BCUT2D eigenvalue weighted by molar-refractivity contribution is 14.1. The summed E-state index contributed by atoms with van der Waals surface area (Å²) in [5.74, 6) is 0. The Bertz CT molecular complexity index is 161. The summed E-state index contributed by atoms with van der Waals surface area (Å²) in [4.78, 5) is 0. The molecule has 0 N–H and O–H groups in total. The van der Waals surface area contributed by atoms with E-state index in [9.17, 15) is 4.57 Å². The van der Waals surface area contributed by atoms with E-state index in [2.05, 4.69) is 13.9 Å². The van der Waals surface area contributed by atoms with Gasteiger partial charge in [0.2, 0.25) is 0 Å². The normalized spacial score (nSPS) is 15.6. The van der Waals surface area contributed by atoms with Crippen molar-refractivity contribution >= 4 is 42.7 Å². The van der Waals surface area contributed by atoms with Crippen LogP contribution in [-0.4, -0.2) is 6.61 Å². The van der Waals surface area contributed by atoms with E-state index in [-0.39, 0.29) is 0 Å². The van der Waals surface area contributed by atoms with Gasteiger partial charge in [0.05, 0.1) is 18.5 Å². The first-order valence-corrected chi connectivity index (χ1v) is 6.68. The summed E-state index contributed by atoms with van der Waals surface area (Å²) < 4.78 is 24.5. The number of hydrogen-bond donors (Lipinski definition) is 0. The molecule has 1 atom stereocenters. The molecule has 7 heteroatoms. The molecule has 0 aliphatic carbocycles. The molecule has 0 radical (unpaired) electrons. The highest BCUT2D eigenvalue weighted by Gasteiger charge is 2.25. The molecule has 0 spiro atoms. The molecule has 0 aliphatic rings. The molecule has 0 aromatic rings. The van der Waals surface area contributed by atoms with Crippen LogP contribution in [0.2, 0.25) is 0 Å². The zero-order valence-electron chi connectivity index (χ0n) is 7.37. The van der Waals surface area contributed by atoms with Crippen LogP contribution in [0.5, 0.6) is 0 Å². The number of hydrogen-bond acceptors (Lipinski definition) is 4. The van der Waals surface area contributed by atoms with Crippen LogP contribution in [0.25, 0.3) is 0 Å². The lowest BCUT2D eigenvalue weighted by atomic mass is 10.2. The largest absolute Gasteiger partial charge is 0.500 e. The minimum absolute atomic E-state index is 0.340. The van der Waals surface area contributed by atoms with Gasteiger partial charge in [0.1, 0.15) is 23.0 Å². The Kier molecular flexibility index (Phi) is 9.17. The first-order chi connectivity index (χ1) is 6.18. The number of unbranched alkanes of at least 4 members (excludes halogenated alkanes) is 3. The molecule has 13 heavy (non-hydrogen) atoms. The molecule has 0 saturated heterocycles. The van der Waals surface area contributed by atoms with Gasteiger partial charge in [0, 0.05) is 0 Å². The zero-order valence-corrected chi connectivity index (χ0v) is 11.2. The first kappa shape index (κ1) is 14.1. The lowest BCUT2D eigenvalue weighted by Crippen LogP contribution is -1.93. The minimum Gasteiger partial charge on any atom is -0.285 e. The van der Waals surface area contributed by atoms with E-state index in [1.54, 1.807) is 0 Å². The first-order valence-electron chi connectivity index (χ1n) is 4.03. The molecule has 0 amide bonds. The fraction of sp³-hybridized carbons (Fsp3) is 1.00. The summed E-state index contributed by atoms with van der Waals surface area (Å²) in [5.41, 5.74) is 0. The standard InChI is InChI=1S/C6H13ClIO4P/c1-2-3-4-5-6-10-13(9,11-7)12-8/h2-6H2,1H3. The van der Waals surface area contributed by atoms with Gasteiger partial charge in [-0.15, -0.1) is 0 Å². The van der Waals surface area contributed by atoms with Gasteiger partial charge in [-0.1, -0.05) is 26.2 Å². The van der Waals surface area contributed by atoms with Gasteiger partial charge in [-0.05, 0) is 6.42 Å². The highest BCUT2D eigenvalue weighted by Crippen LogP contribution is 2.52. The maximum atomic E-state index is 11.2. The van der Waals surface area contributed by atoms with E-state index in [0.29, 0.717) is 6.61 Å². The van der Waals surface area contributed by atoms with E-state index in [0.717, 1.165) is 25.7 Å². The summed E-state index contributed by atoms with van der Waals surface area (Å²) in [7, 11) is -3.48. The fourth-order valence-electron chi connectivity index (χ4n) is 0.756. The molecule has 0 heterocycles. The highest BCUT2D eigenvalue weighted by atomic mass is 127. The van der Waals surface area contributed by atoms with Crippen molar-refractivity contribution in [3.8, 4) is 0 Å². The van der Waals surface area contributed by atoms with Crippen LogP contribution in [0.4, 0.5) is 0 Å². The number of rotatable bonds is 8. The molecular formula is C6H13ClIO4P. The maximum absolute atomic E-state index is 11.2. The second-order valence-electron chi connectivity index (χ2n) is 2.48. The Balaban J connectivity index is 3.45. The Morgan fingerprint density at radius 2 is 2.08 bits per heavy atom. The van der Waals surface area contributed by atoms with Crippen LogP contribution in [0, 0.1) is 0 Å². The molecule has 4 nitrogen and oxygen atoms in total. The summed E-state index contributed by atoms with van der Waals surface area (Å²) in [6.07, 6.45) is 4.16. The molecule has 0 aromatic carbocycles. The smallest absolute Gasteiger partial charge is 0.285 e. The summed E-state index contributed by atoms with van der Waals surface area (Å²) in [6, 6.07) is 0. The number of phosphoric acid groups is 1. The Morgan fingerprint density at radius 1 is 1.38 bits per heavy atom. The van der Waals surface area contributed by atoms with Crippen LogP contribution in [0.3, 0.4) is 0 Å². The fourth-order valence-corrected chi connectivity index (χ4v) is 2.28. The summed E-state index contributed by atoms with van der Waals surface area (Å²) >= 11 is 6.37. The lowest BCUT2D eigenvalue weighted by molar-refractivity contribution is 0.225. The van der Waals surface area contributed by atoms with Crippen LogP contribution < -0.4 is 0 Å². The van der Waals surface area contributed by atoms with Gasteiger partial charge in [-0.2, -0.15) is 4.08 Å². The van der Waals surface area contributed by atoms with Crippen molar-refractivity contribution in [2.75, 3.05) is 6.61 Å². The topological polar surface area (TPSA) is 44.8 Å². The van der Waals surface area contributed by atoms with Crippen LogP contribution >= 0.6 is 42.7 Å². The second kappa shape index (κ2) is 8.44. The SMILES string of the molecule is CCCCCCOP(=O)(OCl)OI. The quantitative estimate of drug-likeness (QED) is 0.376. The van der Waals surface area contributed by atoms with Gasteiger partial charge in [0.25, 0.3) is 0 Å². The van der Waals surface area contributed by atoms with E-state index in [1.165, 1.54) is 23.0 Å². The van der Waals surface area contributed by atoms with E-state index < -0.39 is 7.82 Å². The van der Waals surface area contributed by atoms with Gasteiger partial charge < -0.3 is 0 Å². The Hall–Kier alpha value is 1.13. The van der Waals surface area contributed by atoms with Crippen LogP contribution in [-0.2, 0) is 16.0 Å². The summed E-state index contributed by atoms with van der Waals surface area (Å²) in [6.45, 7) is 2.45.